The van der Waals surface area contributed by atoms with E-state index < -0.39 is 6.10 Å². The van der Waals surface area contributed by atoms with Gasteiger partial charge in [-0.15, -0.1) is 24.0 Å². The number of guanidine groups is 1. The van der Waals surface area contributed by atoms with Crippen LogP contribution in [0.15, 0.2) is 53.5 Å². The summed E-state index contributed by atoms with van der Waals surface area (Å²) < 4.78 is 16.5. The number of aliphatic hydroxyl groups excluding tert-OH is 1. The minimum atomic E-state index is -0.682. The highest BCUT2D eigenvalue weighted by Gasteiger charge is 2.10. The van der Waals surface area contributed by atoms with Crippen molar-refractivity contribution in [3.63, 3.8) is 0 Å². The summed E-state index contributed by atoms with van der Waals surface area (Å²) in [5.74, 6) is 2.22. The molecule has 0 bridgehead atoms. The van der Waals surface area contributed by atoms with Crippen molar-refractivity contribution in [2.24, 2.45) is 4.99 Å². The smallest absolute Gasteiger partial charge is 0.191 e. The first kappa shape index (κ1) is 29.0. The first-order chi connectivity index (χ1) is 15.5. The van der Waals surface area contributed by atoms with Crippen LogP contribution in [0, 0.1) is 0 Å². The maximum Gasteiger partial charge on any atom is 0.191 e. The van der Waals surface area contributed by atoms with E-state index in [2.05, 4.69) is 15.6 Å². The van der Waals surface area contributed by atoms with Crippen molar-refractivity contribution in [2.45, 2.75) is 45.9 Å². The molecule has 0 heterocycles. The zero-order valence-corrected chi connectivity index (χ0v) is 22.4. The maximum absolute atomic E-state index is 10.6. The van der Waals surface area contributed by atoms with Crippen LogP contribution in [0.4, 0.5) is 0 Å². The van der Waals surface area contributed by atoms with E-state index in [1.54, 1.807) is 7.11 Å². The van der Waals surface area contributed by atoms with E-state index in [0.29, 0.717) is 32.3 Å². The fraction of sp³-hybridized carbons (Fsp3) is 0.480. The molecular weight excluding hydrogens is 533 g/mol. The third-order valence-electron chi connectivity index (χ3n) is 4.50. The van der Waals surface area contributed by atoms with Crippen LogP contribution in [0.2, 0.25) is 0 Å². The second-order valence-electron chi connectivity index (χ2n) is 7.67. The highest BCUT2D eigenvalue weighted by molar-refractivity contribution is 14.0. The Morgan fingerprint density at radius 1 is 1.03 bits per heavy atom. The number of benzene rings is 2. The van der Waals surface area contributed by atoms with E-state index >= 15 is 0 Å². The summed E-state index contributed by atoms with van der Waals surface area (Å²) in [7, 11) is 1.69. The van der Waals surface area contributed by atoms with Gasteiger partial charge in [0.15, 0.2) is 5.96 Å². The lowest BCUT2D eigenvalue weighted by atomic mass is 10.1. The minimum Gasteiger partial charge on any atom is -0.493 e. The summed E-state index contributed by atoms with van der Waals surface area (Å²) in [5, 5.41) is 17.0. The molecule has 33 heavy (non-hydrogen) atoms. The standard InChI is InChI=1S/C25H37N3O4.HI/c1-5-26-25(27-17-20-9-6-11-22(15-20)31-14-8-13-30-4)28-18-24(29)21-10-7-12-23(16-21)32-19(2)3;/h6-7,9-12,15-16,19,24,29H,5,8,13-14,17-18H2,1-4H3,(H2,26,27,28);1H. The molecule has 0 saturated carbocycles. The number of nitrogens with zero attached hydrogens (tertiary/aromatic N) is 1. The van der Waals surface area contributed by atoms with Crippen molar-refractivity contribution in [1.82, 2.24) is 10.6 Å². The molecule has 0 saturated heterocycles. The predicted octanol–water partition coefficient (Wildman–Crippen LogP) is 4.30. The van der Waals surface area contributed by atoms with E-state index in [0.717, 1.165) is 35.6 Å². The van der Waals surface area contributed by atoms with Crippen molar-refractivity contribution >= 4 is 29.9 Å². The van der Waals surface area contributed by atoms with E-state index in [-0.39, 0.29) is 30.1 Å². The monoisotopic (exact) mass is 571 g/mol. The summed E-state index contributed by atoms with van der Waals surface area (Å²) in [4.78, 5) is 4.64. The fourth-order valence-corrected chi connectivity index (χ4v) is 3.02. The topological polar surface area (TPSA) is 84.3 Å². The number of halogens is 1. The van der Waals surface area contributed by atoms with Gasteiger partial charge in [-0.3, -0.25) is 0 Å². The number of aliphatic hydroxyl groups is 1. The number of ether oxygens (including phenoxy) is 3. The molecule has 0 aliphatic carbocycles. The third-order valence-corrected chi connectivity index (χ3v) is 4.50. The predicted molar refractivity (Wildman–Crippen MR) is 144 cm³/mol. The van der Waals surface area contributed by atoms with Crippen LogP contribution in [-0.4, -0.2) is 50.6 Å². The molecule has 7 nitrogen and oxygen atoms in total. The van der Waals surface area contributed by atoms with Crippen molar-refractivity contribution in [2.75, 3.05) is 33.4 Å². The van der Waals surface area contributed by atoms with Gasteiger partial charge in [-0.1, -0.05) is 24.3 Å². The van der Waals surface area contributed by atoms with E-state index in [4.69, 9.17) is 14.2 Å². The molecule has 3 N–H and O–H groups in total. The Bertz CT molecular complexity index is 833. The highest BCUT2D eigenvalue weighted by atomic mass is 127. The van der Waals surface area contributed by atoms with Crippen LogP contribution in [0.1, 0.15) is 44.4 Å². The van der Waals surface area contributed by atoms with Gasteiger partial charge in [0.05, 0.1) is 25.4 Å². The molecule has 0 spiro atoms. The van der Waals surface area contributed by atoms with Gasteiger partial charge in [0.2, 0.25) is 0 Å². The van der Waals surface area contributed by atoms with Gasteiger partial charge in [-0.25, -0.2) is 4.99 Å². The van der Waals surface area contributed by atoms with Crippen molar-refractivity contribution in [3.05, 3.63) is 59.7 Å². The van der Waals surface area contributed by atoms with Crippen LogP contribution in [-0.2, 0) is 11.3 Å². The number of hydrogen-bond donors (Lipinski definition) is 3. The Morgan fingerprint density at radius 2 is 1.79 bits per heavy atom. The minimum absolute atomic E-state index is 0. The Labute approximate surface area is 215 Å². The molecule has 1 unspecified atom stereocenters. The van der Waals surface area contributed by atoms with E-state index in [1.165, 1.54) is 0 Å². The fourth-order valence-electron chi connectivity index (χ4n) is 3.02. The Kier molecular flexibility index (Phi) is 14.5. The maximum atomic E-state index is 10.6. The molecule has 0 aliphatic heterocycles. The van der Waals surface area contributed by atoms with Gasteiger partial charge in [0.1, 0.15) is 11.5 Å². The van der Waals surface area contributed by atoms with Crippen LogP contribution < -0.4 is 20.1 Å². The molecule has 184 valence electrons. The molecule has 1 atom stereocenters. The van der Waals surface area contributed by atoms with Gasteiger partial charge in [0, 0.05) is 33.2 Å². The largest absolute Gasteiger partial charge is 0.493 e. The number of rotatable bonds is 13. The zero-order chi connectivity index (χ0) is 23.2. The Morgan fingerprint density at radius 3 is 2.52 bits per heavy atom. The lowest BCUT2D eigenvalue weighted by molar-refractivity contribution is 0.172. The molecule has 8 heteroatoms. The third kappa shape index (κ3) is 11.6. The van der Waals surface area contributed by atoms with Gasteiger partial charge in [-0.2, -0.15) is 0 Å². The van der Waals surface area contributed by atoms with Crippen molar-refractivity contribution in [3.8, 4) is 11.5 Å². The molecule has 2 rings (SSSR count). The second-order valence-corrected chi connectivity index (χ2v) is 7.67. The van der Waals surface area contributed by atoms with Gasteiger partial charge in [0.25, 0.3) is 0 Å². The summed E-state index contributed by atoms with van der Waals surface area (Å²) in [5.41, 5.74) is 1.84. The van der Waals surface area contributed by atoms with Crippen molar-refractivity contribution < 1.29 is 19.3 Å². The summed E-state index contributed by atoms with van der Waals surface area (Å²) in [6, 6.07) is 15.5. The van der Waals surface area contributed by atoms with Crippen LogP contribution in [0.25, 0.3) is 0 Å². The van der Waals surface area contributed by atoms with Crippen LogP contribution >= 0.6 is 24.0 Å². The number of aliphatic imine (C=N–C) groups is 1. The van der Waals surface area contributed by atoms with Crippen molar-refractivity contribution in [1.29, 1.82) is 0 Å². The van der Waals surface area contributed by atoms with Gasteiger partial charge >= 0.3 is 0 Å². The van der Waals surface area contributed by atoms with E-state index in [1.807, 2.05) is 69.3 Å². The molecule has 0 fully saturated rings. The molecule has 2 aromatic carbocycles. The SMILES string of the molecule is CCNC(=NCc1cccc(OCCCOC)c1)NCC(O)c1cccc(OC(C)C)c1.I. The van der Waals surface area contributed by atoms with Crippen LogP contribution in [0.3, 0.4) is 0 Å². The lowest BCUT2D eigenvalue weighted by Gasteiger charge is -2.17. The molecular formula is C25H38IN3O4. The molecule has 2 aromatic rings. The lowest BCUT2D eigenvalue weighted by Crippen LogP contribution is -2.39. The Balaban J connectivity index is 0.00000544. The molecule has 0 aliphatic rings. The first-order valence-corrected chi connectivity index (χ1v) is 11.2. The average Bonchev–Trinajstić information content (AvgIpc) is 2.78. The first-order valence-electron chi connectivity index (χ1n) is 11.2. The van der Waals surface area contributed by atoms with E-state index in [9.17, 15) is 5.11 Å². The quantitative estimate of drug-likeness (QED) is 0.144. The van der Waals surface area contributed by atoms with Crippen LogP contribution in [0.5, 0.6) is 11.5 Å². The van der Waals surface area contributed by atoms with Gasteiger partial charge in [-0.05, 0) is 56.2 Å². The normalized spacial score (nSPS) is 12.1. The number of nitrogens with one attached hydrogen (secondary N) is 2. The molecule has 0 amide bonds. The van der Waals surface area contributed by atoms with Gasteiger partial charge < -0.3 is 30.0 Å². The second kappa shape index (κ2) is 16.6. The number of hydrogen-bond acceptors (Lipinski definition) is 5. The number of methoxy groups -OCH3 is 1. The highest BCUT2D eigenvalue weighted by Crippen LogP contribution is 2.20. The summed E-state index contributed by atoms with van der Waals surface area (Å²) >= 11 is 0. The summed E-state index contributed by atoms with van der Waals surface area (Å²) in [6.07, 6.45) is 0.253. The Hall–Kier alpha value is -2.04. The summed E-state index contributed by atoms with van der Waals surface area (Å²) in [6.45, 7) is 8.82. The molecule has 0 aromatic heterocycles. The average molecular weight is 572 g/mol. The molecule has 0 radical (unpaired) electrons. The zero-order valence-electron chi connectivity index (χ0n) is 20.0.